The molecule has 34 heavy (non-hydrogen) atoms. The number of alkyl halides is 3. The van der Waals surface area contributed by atoms with Crippen molar-refractivity contribution in [1.29, 1.82) is 0 Å². The zero-order valence-electron chi connectivity index (χ0n) is 20.0. The monoisotopic (exact) mass is 497 g/mol. The first-order chi connectivity index (χ1) is 15.8. The molecule has 186 valence electrons. The standard InChI is InChI=1S/C25H30F3NO4S/c1-6-17-8-7-16(12-22(30)32-5)11-21(17)33-20-10-9-19(29-23(31)24(2,3)4)13-18(20)14-34-15-25(26,27)28/h7-11,13H,6,12,14-15H2,1-5H3,(H,29,31). The molecule has 0 bridgehead atoms. The fourth-order valence-corrected chi connectivity index (χ4v) is 3.70. The van der Waals surface area contributed by atoms with Gasteiger partial charge in [0.1, 0.15) is 11.5 Å². The summed E-state index contributed by atoms with van der Waals surface area (Å²) in [6, 6.07) is 10.3. The summed E-state index contributed by atoms with van der Waals surface area (Å²) in [6.45, 7) is 7.27. The number of carbonyl (C=O) groups is 2. The Balaban J connectivity index is 2.37. The first-order valence-corrected chi connectivity index (χ1v) is 11.9. The van der Waals surface area contributed by atoms with Crippen LogP contribution < -0.4 is 10.1 Å². The Labute approximate surface area is 202 Å². The van der Waals surface area contributed by atoms with Gasteiger partial charge in [0.05, 0.1) is 19.3 Å². The van der Waals surface area contributed by atoms with Gasteiger partial charge in [-0.2, -0.15) is 13.2 Å². The van der Waals surface area contributed by atoms with Crippen LogP contribution in [0, 0.1) is 5.41 Å². The molecule has 0 saturated heterocycles. The van der Waals surface area contributed by atoms with Crippen LogP contribution in [0.5, 0.6) is 11.5 Å². The number of anilines is 1. The van der Waals surface area contributed by atoms with E-state index in [9.17, 15) is 22.8 Å². The zero-order valence-corrected chi connectivity index (χ0v) is 20.8. The van der Waals surface area contributed by atoms with E-state index in [0.717, 1.165) is 5.56 Å². The van der Waals surface area contributed by atoms with Crippen molar-refractivity contribution in [2.75, 3.05) is 18.2 Å². The number of ether oxygens (including phenoxy) is 2. The predicted molar refractivity (Wildman–Crippen MR) is 128 cm³/mol. The minimum Gasteiger partial charge on any atom is -0.469 e. The molecule has 0 aliphatic rings. The fourth-order valence-electron chi connectivity index (χ4n) is 2.92. The average Bonchev–Trinajstić information content (AvgIpc) is 2.74. The minimum atomic E-state index is -4.29. The number of hydrogen-bond acceptors (Lipinski definition) is 5. The van der Waals surface area contributed by atoms with E-state index in [4.69, 9.17) is 9.47 Å². The Morgan fingerprint density at radius 2 is 1.71 bits per heavy atom. The molecule has 1 N–H and O–H groups in total. The maximum atomic E-state index is 12.7. The first-order valence-electron chi connectivity index (χ1n) is 10.8. The molecule has 9 heteroatoms. The van der Waals surface area contributed by atoms with E-state index < -0.39 is 23.3 Å². The number of carbonyl (C=O) groups excluding carboxylic acids is 2. The minimum absolute atomic E-state index is 0.0391. The lowest BCUT2D eigenvalue weighted by Gasteiger charge is -2.19. The van der Waals surface area contributed by atoms with E-state index in [1.807, 2.05) is 19.1 Å². The van der Waals surface area contributed by atoms with Gasteiger partial charge in [0.2, 0.25) is 5.91 Å². The largest absolute Gasteiger partial charge is 0.469 e. The van der Waals surface area contributed by atoms with Gasteiger partial charge in [0.15, 0.2) is 0 Å². The molecule has 5 nitrogen and oxygen atoms in total. The van der Waals surface area contributed by atoms with Gasteiger partial charge in [0.25, 0.3) is 0 Å². The van der Waals surface area contributed by atoms with Crippen LogP contribution in [-0.4, -0.2) is 30.9 Å². The Morgan fingerprint density at radius 3 is 2.29 bits per heavy atom. The van der Waals surface area contributed by atoms with Gasteiger partial charge < -0.3 is 14.8 Å². The molecule has 2 rings (SSSR count). The van der Waals surface area contributed by atoms with E-state index >= 15 is 0 Å². The second kappa shape index (κ2) is 11.6. The number of hydrogen-bond donors (Lipinski definition) is 1. The first kappa shape index (κ1) is 27.6. The third kappa shape index (κ3) is 8.59. The summed E-state index contributed by atoms with van der Waals surface area (Å²) in [5.74, 6) is -0.667. The summed E-state index contributed by atoms with van der Waals surface area (Å²) < 4.78 is 49.0. The number of amides is 1. The second-order valence-corrected chi connectivity index (χ2v) is 9.77. The average molecular weight is 498 g/mol. The van der Waals surface area contributed by atoms with Gasteiger partial charge in [-0.15, -0.1) is 11.8 Å². The summed E-state index contributed by atoms with van der Waals surface area (Å²) in [5, 5.41) is 2.80. The SMILES string of the molecule is CCc1ccc(CC(=O)OC)cc1Oc1ccc(NC(=O)C(C)(C)C)cc1CSCC(F)(F)F. The maximum absolute atomic E-state index is 12.7. The molecule has 0 aliphatic carbocycles. The zero-order chi connectivity index (χ0) is 25.5. The normalized spacial score (nSPS) is 11.8. The van der Waals surface area contributed by atoms with Crippen LogP contribution in [0.4, 0.5) is 18.9 Å². The van der Waals surface area contributed by atoms with Crippen LogP contribution >= 0.6 is 11.8 Å². The molecule has 0 heterocycles. The molecule has 2 aromatic carbocycles. The summed E-state index contributed by atoms with van der Waals surface area (Å²) in [6.07, 6.45) is -3.56. The van der Waals surface area contributed by atoms with Crippen LogP contribution in [0.1, 0.15) is 44.4 Å². The Bertz CT molecular complexity index is 1020. The van der Waals surface area contributed by atoms with Crippen molar-refractivity contribution >= 4 is 29.3 Å². The number of benzene rings is 2. The number of thioether (sulfide) groups is 1. The highest BCUT2D eigenvalue weighted by molar-refractivity contribution is 7.98. The van der Waals surface area contributed by atoms with Gasteiger partial charge in [0, 0.05) is 22.4 Å². The van der Waals surface area contributed by atoms with Crippen molar-refractivity contribution in [2.45, 2.75) is 52.5 Å². The molecule has 0 saturated carbocycles. The Morgan fingerprint density at radius 1 is 1.00 bits per heavy atom. The van der Waals surface area contributed by atoms with E-state index in [0.29, 0.717) is 46.5 Å². The van der Waals surface area contributed by atoms with Crippen LogP contribution in [-0.2, 0) is 32.9 Å². The fraction of sp³-hybridized carbons (Fsp3) is 0.440. The molecule has 0 atom stereocenters. The molecular weight excluding hydrogens is 467 g/mol. The third-order valence-electron chi connectivity index (χ3n) is 4.83. The lowest BCUT2D eigenvalue weighted by molar-refractivity contribution is -0.139. The third-order valence-corrected chi connectivity index (χ3v) is 5.88. The van der Waals surface area contributed by atoms with Crippen molar-refractivity contribution in [1.82, 2.24) is 0 Å². The summed E-state index contributed by atoms with van der Waals surface area (Å²) in [5.41, 5.74) is 1.94. The van der Waals surface area contributed by atoms with Crippen molar-refractivity contribution in [2.24, 2.45) is 5.41 Å². The number of nitrogens with one attached hydrogen (secondary N) is 1. The molecule has 0 unspecified atom stereocenters. The highest BCUT2D eigenvalue weighted by Gasteiger charge is 2.27. The smallest absolute Gasteiger partial charge is 0.397 e. The van der Waals surface area contributed by atoms with E-state index in [-0.39, 0.29) is 18.1 Å². The van der Waals surface area contributed by atoms with Gasteiger partial charge in [-0.3, -0.25) is 9.59 Å². The van der Waals surface area contributed by atoms with E-state index in [2.05, 4.69) is 5.32 Å². The van der Waals surface area contributed by atoms with Gasteiger partial charge in [-0.25, -0.2) is 0 Å². The van der Waals surface area contributed by atoms with Gasteiger partial charge in [-0.1, -0.05) is 39.8 Å². The van der Waals surface area contributed by atoms with Crippen molar-refractivity contribution < 1.29 is 32.2 Å². The van der Waals surface area contributed by atoms with Crippen LogP contribution in [0.15, 0.2) is 36.4 Å². The molecule has 0 radical (unpaired) electrons. The molecule has 0 spiro atoms. The predicted octanol–water partition coefficient (Wildman–Crippen LogP) is 6.54. The number of rotatable bonds is 9. The highest BCUT2D eigenvalue weighted by atomic mass is 32.2. The van der Waals surface area contributed by atoms with Gasteiger partial charge in [-0.05, 0) is 41.8 Å². The molecule has 2 aromatic rings. The lowest BCUT2D eigenvalue weighted by Crippen LogP contribution is -2.27. The highest BCUT2D eigenvalue weighted by Crippen LogP contribution is 2.35. The Kier molecular flexibility index (Phi) is 9.44. The summed E-state index contributed by atoms with van der Waals surface area (Å²) in [7, 11) is 1.31. The van der Waals surface area contributed by atoms with E-state index in [1.165, 1.54) is 7.11 Å². The van der Waals surface area contributed by atoms with Crippen LogP contribution in [0.3, 0.4) is 0 Å². The lowest BCUT2D eigenvalue weighted by atomic mass is 9.95. The molecule has 0 aromatic heterocycles. The number of methoxy groups -OCH3 is 1. The molecule has 1 amide bonds. The number of esters is 1. The summed E-state index contributed by atoms with van der Waals surface area (Å²) in [4.78, 5) is 24.0. The van der Waals surface area contributed by atoms with Gasteiger partial charge >= 0.3 is 12.1 Å². The maximum Gasteiger partial charge on any atom is 0.397 e. The number of halogens is 3. The molecular formula is C25H30F3NO4S. The summed E-state index contributed by atoms with van der Waals surface area (Å²) >= 11 is 0.717. The van der Waals surface area contributed by atoms with E-state index in [1.54, 1.807) is 45.0 Å². The van der Waals surface area contributed by atoms with Crippen LogP contribution in [0.25, 0.3) is 0 Å². The number of aryl methyl sites for hydroxylation is 1. The topological polar surface area (TPSA) is 64.6 Å². The van der Waals surface area contributed by atoms with Crippen LogP contribution in [0.2, 0.25) is 0 Å². The van der Waals surface area contributed by atoms with Crippen molar-refractivity contribution in [3.05, 3.63) is 53.1 Å². The Hall–Kier alpha value is -2.68. The van der Waals surface area contributed by atoms with Crippen molar-refractivity contribution in [3.8, 4) is 11.5 Å². The molecule has 0 fully saturated rings. The quantitative estimate of drug-likeness (QED) is 0.399. The second-order valence-electron chi connectivity index (χ2n) is 8.79. The van der Waals surface area contributed by atoms with Crippen molar-refractivity contribution in [3.63, 3.8) is 0 Å². The molecule has 0 aliphatic heterocycles.